The van der Waals surface area contributed by atoms with Crippen molar-refractivity contribution in [2.45, 2.75) is 13.0 Å². The normalized spacial score (nSPS) is 11.1. The predicted molar refractivity (Wildman–Crippen MR) is 80.1 cm³/mol. The van der Waals surface area contributed by atoms with Crippen molar-refractivity contribution in [1.82, 2.24) is 0 Å². The third-order valence-electron chi connectivity index (χ3n) is 3.09. The van der Waals surface area contributed by atoms with Gasteiger partial charge in [-0.1, -0.05) is 12.1 Å². The van der Waals surface area contributed by atoms with Gasteiger partial charge in [0.2, 0.25) is 0 Å². The SMILES string of the molecule is CC(OC(=O)O)c1ccc(C(=O)Oc2ccc(C#N)cc2)cc1. The number of esters is 1. The van der Waals surface area contributed by atoms with Gasteiger partial charge in [0.1, 0.15) is 11.9 Å². The van der Waals surface area contributed by atoms with Gasteiger partial charge in [-0.05, 0) is 48.9 Å². The second-order valence-electron chi connectivity index (χ2n) is 4.67. The molecule has 6 nitrogen and oxygen atoms in total. The highest BCUT2D eigenvalue weighted by Crippen LogP contribution is 2.19. The van der Waals surface area contributed by atoms with Crippen molar-refractivity contribution >= 4 is 12.1 Å². The minimum atomic E-state index is -1.36. The first-order valence-electron chi connectivity index (χ1n) is 6.71. The Hall–Kier alpha value is -3.33. The van der Waals surface area contributed by atoms with E-state index in [1.165, 1.54) is 24.3 Å². The van der Waals surface area contributed by atoms with Crippen molar-refractivity contribution in [2.24, 2.45) is 0 Å². The Morgan fingerprint density at radius 2 is 1.70 bits per heavy atom. The number of hydrogen-bond acceptors (Lipinski definition) is 5. The van der Waals surface area contributed by atoms with E-state index in [1.807, 2.05) is 6.07 Å². The zero-order valence-corrected chi connectivity index (χ0v) is 12.2. The van der Waals surface area contributed by atoms with E-state index in [4.69, 9.17) is 15.1 Å². The van der Waals surface area contributed by atoms with Crippen molar-refractivity contribution < 1.29 is 24.2 Å². The molecule has 2 aromatic rings. The molecule has 0 radical (unpaired) electrons. The second-order valence-corrected chi connectivity index (χ2v) is 4.67. The molecule has 23 heavy (non-hydrogen) atoms. The molecule has 2 aromatic carbocycles. The van der Waals surface area contributed by atoms with Crippen LogP contribution in [0.15, 0.2) is 48.5 Å². The molecule has 0 fully saturated rings. The zero-order chi connectivity index (χ0) is 16.8. The summed E-state index contributed by atoms with van der Waals surface area (Å²) in [5, 5.41) is 17.3. The number of benzene rings is 2. The van der Waals surface area contributed by atoms with Crippen LogP contribution in [0, 0.1) is 11.3 Å². The molecular formula is C17H13NO5. The van der Waals surface area contributed by atoms with E-state index in [-0.39, 0.29) is 0 Å². The number of hydrogen-bond donors (Lipinski definition) is 1. The van der Waals surface area contributed by atoms with Gasteiger partial charge in [0.15, 0.2) is 0 Å². The number of carbonyl (C=O) groups excluding carboxylic acids is 1. The molecule has 0 aliphatic carbocycles. The van der Waals surface area contributed by atoms with Crippen LogP contribution in [0.3, 0.4) is 0 Å². The summed E-state index contributed by atoms with van der Waals surface area (Å²) in [5.74, 6) is -0.214. The van der Waals surface area contributed by atoms with Gasteiger partial charge in [-0.3, -0.25) is 0 Å². The molecule has 0 heterocycles. The fourth-order valence-corrected chi connectivity index (χ4v) is 1.87. The molecule has 0 aromatic heterocycles. The third-order valence-corrected chi connectivity index (χ3v) is 3.09. The van der Waals surface area contributed by atoms with Crippen molar-refractivity contribution in [2.75, 3.05) is 0 Å². The summed E-state index contributed by atoms with van der Waals surface area (Å²) in [5.41, 5.74) is 1.42. The Morgan fingerprint density at radius 1 is 1.09 bits per heavy atom. The smallest absolute Gasteiger partial charge is 0.450 e. The number of nitrogens with zero attached hydrogens (tertiary/aromatic N) is 1. The van der Waals surface area contributed by atoms with E-state index < -0.39 is 18.2 Å². The quantitative estimate of drug-likeness (QED) is 0.685. The third kappa shape index (κ3) is 4.32. The van der Waals surface area contributed by atoms with Crippen LogP contribution in [-0.4, -0.2) is 17.2 Å². The first-order chi connectivity index (χ1) is 11.0. The summed E-state index contributed by atoms with van der Waals surface area (Å²) in [6.07, 6.45) is -1.99. The molecule has 0 saturated carbocycles. The predicted octanol–water partition coefficient (Wildman–Crippen LogP) is 3.53. The van der Waals surface area contributed by atoms with E-state index in [2.05, 4.69) is 4.74 Å². The summed E-state index contributed by atoms with van der Waals surface area (Å²) in [7, 11) is 0. The molecule has 0 aliphatic heterocycles. The lowest BCUT2D eigenvalue weighted by Crippen LogP contribution is -2.09. The minimum absolute atomic E-state index is 0.320. The Morgan fingerprint density at radius 3 is 2.22 bits per heavy atom. The maximum atomic E-state index is 12.0. The lowest BCUT2D eigenvalue weighted by atomic mass is 10.1. The van der Waals surface area contributed by atoms with Crippen molar-refractivity contribution in [1.29, 1.82) is 5.26 Å². The van der Waals surface area contributed by atoms with E-state index >= 15 is 0 Å². The molecule has 0 bridgehead atoms. The fourth-order valence-electron chi connectivity index (χ4n) is 1.87. The Labute approximate surface area is 132 Å². The average Bonchev–Trinajstić information content (AvgIpc) is 2.55. The zero-order valence-electron chi connectivity index (χ0n) is 12.2. The number of nitriles is 1. The van der Waals surface area contributed by atoms with Crippen LogP contribution < -0.4 is 4.74 Å². The van der Waals surface area contributed by atoms with Gasteiger partial charge in [0.25, 0.3) is 0 Å². The van der Waals surface area contributed by atoms with Gasteiger partial charge in [-0.25, -0.2) is 9.59 Å². The molecule has 2 rings (SSSR count). The first kappa shape index (κ1) is 16.0. The molecule has 1 unspecified atom stereocenters. The molecule has 0 amide bonds. The standard InChI is InChI=1S/C17H13NO5/c1-11(22-17(20)21)13-4-6-14(7-5-13)16(19)23-15-8-2-12(10-18)3-9-15/h2-9,11H,1H3,(H,20,21). The Balaban J connectivity index is 2.05. The van der Waals surface area contributed by atoms with E-state index in [0.717, 1.165) is 0 Å². The van der Waals surface area contributed by atoms with Crippen LogP contribution in [0.1, 0.15) is 34.5 Å². The molecule has 0 saturated heterocycles. The van der Waals surface area contributed by atoms with Crippen LogP contribution in [-0.2, 0) is 4.74 Å². The summed E-state index contributed by atoms with van der Waals surface area (Å²) in [6, 6.07) is 14.4. The number of carboxylic acid groups (broad SMARTS) is 1. The molecule has 1 N–H and O–H groups in total. The molecule has 0 aliphatic rings. The highest BCUT2D eigenvalue weighted by atomic mass is 16.7. The monoisotopic (exact) mass is 311 g/mol. The van der Waals surface area contributed by atoms with Gasteiger partial charge in [0, 0.05) is 0 Å². The van der Waals surface area contributed by atoms with Crippen LogP contribution in [0.25, 0.3) is 0 Å². The minimum Gasteiger partial charge on any atom is -0.450 e. The van der Waals surface area contributed by atoms with Gasteiger partial charge >= 0.3 is 12.1 Å². The van der Waals surface area contributed by atoms with E-state index in [1.54, 1.807) is 31.2 Å². The first-order valence-corrected chi connectivity index (χ1v) is 6.71. The van der Waals surface area contributed by atoms with Crippen molar-refractivity contribution in [3.63, 3.8) is 0 Å². The number of carbonyl (C=O) groups is 2. The topological polar surface area (TPSA) is 96.6 Å². The van der Waals surface area contributed by atoms with Gasteiger partial charge in [-0.15, -0.1) is 0 Å². The van der Waals surface area contributed by atoms with Gasteiger partial charge in [0.05, 0.1) is 17.2 Å². The number of ether oxygens (including phenoxy) is 2. The lowest BCUT2D eigenvalue weighted by Gasteiger charge is -2.11. The van der Waals surface area contributed by atoms with Gasteiger partial charge < -0.3 is 14.6 Å². The maximum absolute atomic E-state index is 12.0. The Bertz CT molecular complexity index is 744. The summed E-state index contributed by atoms with van der Waals surface area (Å²) < 4.78 is 9.82. The van der Waals surface area contributed by atoms with Crippen LogP contribution in [0.5, 0.6) is 5.75 Å². The van der Waals surface area contributed by atoms with E-state index in [0.29, 0.717) is 22.4 Å². The van der Waals surface area contributed by atoms with Crippen LogP contribution in [0.4, 0.5) is 4.79 Å². The number of rotatable bonds is 4. The van der Waals surface area contributed by atoms with Crippen molar-refractivity contribution in [3.05, 3.63) is 65.2 Å². The Kier molecular flexibility index (Phi) is 4.95. The average molecular weight is 311 g/mol. The van der Waals surface area contributed by atoms with Gasteiger partial charge in [-0.2, -0.15) is 5.26 Å². The van der Waals surface area contributed by atoms with E-state index in [9.17, 15) is 9.59 Å². The lowest BCUT2D eigenvalue weighted by molar-refractivity contribution is 0.0585. The molecule has 0 spiro atoms. The fraction of sp³-hybridized carbons (Fsp3) is 0.118. The molecule has 6 heteroatoms. The molecular weight excluding hydrogens is 298 g/mol. The maximum Gasteiger partial charge on any atom is 0.506 e. The highest BCUT2D eigenvalue weighted by molar-refractivity contribution is 5.91. The second kappa shape index (κ2) is 7.09. The summed E-state index contributed by atoms with van der Waals surface area (Å²) >= 11 is 0. The summed E-state index contributed by atoms with van der Waals surface area (Å²) in [4.78, 5) is 22.5. The molecule has 116 valence electrons. The van der Waals surface area contributed by atoms with Crippen LogP contribution >= 0.6 is 0 Å². The van der Waals surface area contributed by atoms with Crippen LogP contribution in [0.2, 0.25) is 0 Å². The van der Waals surface area contributed by atoms with Crippen molar-refractivity contribution in [3.8, 4) is 11.8 Å². The summed E-state index contributed by atoms with van der Waals surface area (Å²) in [6.45, 7) is 1.60. The highest BCUT2D eigenvalue weighted by Gasteiger charge is 2.13. The molecule has 1 atom stereocenters. The largest absolute Gasteiger partial charge is 0.506 e.